The maximum Gasteiger partial charge on any atom is 0.243 e. The number of nitrogens with one attached hydrogen (secondary N) is 1. The van der Waals surface area contributed by atoms with Crippen molar-refractivity contribution >= 4 is 31.7 Å². The zero-order chi connectivity index (χ0) is 21.0. The van der Waals surface area contributed by atoms with Crippen LogP contribution in [0.5, 0.6) is 5.75 Å². The Labute approximate surface area is 175 Å². The molecule has 0 amide bonds. The fourth-order valence-electron chi connectivity index (χ4n) is 3.19. The van der Waals surface area contributed by atoms with E-state index < -0.39 is 10.0 Å². The molecule has 3 aromatic carbocycles. The Kier molecular flexibility index (Phi) is 5.66. The van der Waals surface area contributed by atoms with E-state index in [9.17, 15) is 8.42 Å². The number of ether oxygens (including phenoxy) is 1. The predicted octanol–water partition coefficient (Wildman–Crippen LogP) is 4.06. The lowest BCUT2D eigenvalue weighted by molar-refractivity contribution is 0.374. The molecule has 4 rings (SSSR count). The Morgan fingerprint density at radius 3 is 2.57 bits per heavy atom. The molecular formula is C24H20N2O3S. The Morgan fingerprint density at radius 1 is 0.900 bits per heavy atom. The van der Waals surface area contributed by atoms with Crippen molar-refractivity contribution in [2.75, 3.05) is 13.2 Å². The van der Waals surface area contributed by atoms with Gasteiger partial charge in [-0.05, 0) is 30.5 Å². The van der Waals surface area contributed by atoms with E-state index in [1.54, 1.807) is 12.1 Å². The number of benzene rings is 3. The summed E-state index contributed by atoms with van der Waals surface area (Å²) >= 11 is 0. The fourth-order valence-corrected chi connectivity index (χ4v) is 4.29. The average molecular weight is 417 g/mol. The first-order valence-electron chi connectivity index (χ1n) is 9.47. The van der Waals surface area contributed by atoms with Crippen LogP contribution in [0.25, 0.3) is 21.7 Å². The Balaban J connectivity index is 1.41. The van der Waals surface area contributed by atoms with Crippen LogP contribution >= 0.6 is 0 Å². The monoisotopic (exact) mass is 416 g/mol. The van der Waals surface area contributed by atoms with E-state index in [-0.39, 0.29) is 18.0 Å². The van der Waals surface area contributed by atoms with Crippen molar-refractivity contribution in [3.05, 3.63) is 78.5 Å². The van der Waals surface area contributed by atoms with Crippen molar-refractivity contribution < 1.29 is 13.2 Å². The van der Waals surface area contributed by atoms with Crippen LogP contribution in [0.4, 0.5) is 0 Å². The van der Waals surface area contributed by atoms with Crippen LogP contribution in [-0.2, 0) is 10.0 Å². The standard InChI is InChI=1S/C24H20N2O3S/c1-18-14-15-20-10-7-13-23(24(20)26-18)30(27,28)25-16-4-5-17-29-22-12-6-9-19-8-2-3-11-21(19)22/h2-3,6-15,25H,16-17H2,1H3. The van der Waals surface area contributed by atoms with E-state index in [1.165, 1.54) is 0 Å². The number of para-hydroxylation sites is 1. The van der Waals surface area contributed by atoms with Gasteiger partial charge >= 0.3 is 0 Å². The number of aryl methyl sites for hydroxylation is 1. The van der Waals surface area contributed by atoms with Crippen LogP contribution < -0.4 is 9.46 Å². The number of fused-ring (bicyclic) bond motifs is 2. The molecule has 1 N–H and O–H groups in total. The van der Waals surface area contributed by atoms with Crippen LogP contribution in [0.3, 0.4) is 0 Å². The van der Waals surface area contributed by atoms with E-state index in [0.717, 1.165) is 27.6 Å². The SMILES string of the molecule is Cc1ccc2cccc(S(=O)(=O)NCC#CCOc3cccc4ccccc34)c2n1. The van der Waals surface area contributed by atoms with Gasteiger partial charge < -0.3 is 4.74 Å². The summed E-state index contributed by atoms with van der Waals surface area (Å²) in [4.78, 5) is 4.53. The number of pyridine rings is 1. The summed E-state index contributed by atoms with van der Waals surface area (Å²) in [6.45, 7) is 1.99. The molecule has 0 unspecified atom stereocenters. The third-order valence-corrected chi connectivity index (χ3v) is 6.07. The Morgan fingerprint density at radius 2 is 1.67 bits per heavy atom. The van der Waals surface area contributed by atoms with E-state index in [2.05, 4.69) is 21.5 Å². The highest BCUT2D eigenvalue weighted by atomic mass is 32.2. The van der Waals surface area contributed by atoms with Crippen LogP contribution in [-0.4, -0.2) is 26.6 Å². The van der Waals surface area contributed by atoms with Gasteiger partial charge in [-0.15, -0.1) is 0 Å². The minimum Gasteiger partial charge on any atom is -0.480 e. The highest BCUT2D eigenvalue weighted by Crippen LogP contribution is 2.25. The van der Waals surface area contributed by atoms with Crippen LogP contribution in [0, 0.1) is 18.8 Å². The van der Waals surface area contributed by atoms with Crippen molar-refractivity contribution in [3.8, 4) is 17.6 Å². The summed E-state index contributed by atoms with van der Waals surface area (Å²) < 4.78 is 33.7. The summed E-state index contributed by atoms with van der Waals surface area (Å²) in [6.07, 6.45) is 0. The summed E-state index contributed by atoms with van der Waals surface area (Å²) in [5.41, 5.74) is 1.22. The maximum absolute atomic E-state index is 12.7. The van der Waals surface area contributed by atoms with Crippen LogP contribution in [0.15, 0.2) is 77.7 Å². The number of aromatic nitrogens is 1. The minimum atomic E-state index is -3.73. The van der Waals surface area contributed by atoms with Gasteiger partial charge in [-0.3, -0.25) is 4.98 Å². The Bertz CT molecular complexity index is 1380. The molecule has 0 spiro atoms. The van der Waals surface area contributed by atoms with Gasteiger partial charge in [0, 0.05) is 16.5 Å². The molecule has 0 aliphatic carbocycles. The van der Waals surface area contributed by atoms with E-state index >= 15 is 0 Å². The quantitative estimate of drug-likeness (QED) is 0.498. The summed E-state index contributed by atoms with van der Waals surface area (Å²) in [5, 5.41) is 2.88. The largest absolute Gasteiger partial charge is 0.480 e. The number of rotatable bonds is 5. The molecule has 0 bridgehead atoms. The third kappa shape index (κ3) is 4.28. The molecule has 0 fully saturated rings. The Hall–Kier alpha value is -3.40. The molecule has 1 aromatic heterocycles. The molecule has 0 atom stereocenters. The molecular weight excluding hydrogens is 396 g/mol. The molecule has 0 aliphatic rings. The molecule has 30 heavy (non-hydrogen) atoms. The smallest absolute Gasteiger partial charge is 0.243 e. The molecule has 0 saturated heterocycles. The molecule has 1 heterocycles. The van der Waals surface area contributed by atoms with Gasteiger partial charge in [-0.2, -0.15) is 4.72 Å². The zero-order valence-corrected chi connectivity index (χ0v) is 17.2. The maximum atomic E-state index is 12.7. The highest BCUT2D eigenvalue weighted by Gasteiger charge is 2.17. The summed E-state index contributed by atoms with van der Waals surface area (Å²) in [7, 11) is -3.73. The van der Waals surface area contributed by atoms with Crippen LogP contribution in [0.1, 0.15) is 5.69 Å². The second-order valence-electron chi connectivity index (χ2n) is 6.72. The number of hydrogen-bond donors (Lipinski definition) is 1. The first-order chi connectivity index (χ1) is 14.5. The summed E-state index contributed by atoms with van der Waals surface area (Å²) in [5.74, 6) is 6.41. The lowest BCUT2D eigenvalue weighted by Crippen LogP contribution is -2.24. The van der Waals surface area contributed by atoms with Crippen molar-refractivity contribution in [2.45, 2.75) is 11.8 Å². The van der Waals surface area contributed by atoms with Crippen molar-refractivity contribution in [1.82, 2.24) is 9.71 Å². The summed E-state index contributed by atoms with van der Waals surface area (Å²) in [6, 6.07) is 22.6. The van der Waals surface area contributed by atoms with E-state index in [0.29, 0.717) is 5.52 Å². The number of nitrogens with zero attached hydrogens (tertiary/aromatic N) is 1. The first-order valence-corrected chi connectivity index (χ1v) is 11.0. The molecule has 0 saturated carbocycles. The molecule has 0 radical (unpaired) electrons. The number of sulfonamides is 1. The predicted molar refractivity (Wildman–Crippen MR) is 119 cm³/mol. The third-order valence-electron chi connectivity index (χ3n) is 4.64. The van der Waals surface area contributed by atoms with Gasteiger partial charge in [-0.1, -0.05) is 66.4 Å². The highest BCUT2D eigenvalue weighted by molar-refractivity contribution is 7.89. The van der Waals surface area contributed by atoms with E-state index in [4.69, 9.17) is 4.74 Å². The number of hydrogen-bond acceptors (Lipinski definition) is 4. The molecule has 6 heteroatoms. The van der Waals surface area contributed by atoms with Crippen molar-refractivity contribution in [3.63, 3.8) is 0 Å². The van der Waals surface area contributed by atoms with Crippen LogP contribution in [0.2, 0.25) is 0 Å². The lowest BCUT2D eigenvalue weighted by Gasteiger charge is -2.08. The second-order valence-corrected chi connectivity index (χ2v) is 8.46. The molecule has 150 valence electrons. The molecule has 0 aliphatic heterocycles. The van der Waals surface area contributed by atoms with Gasteiger partial charge in [0.25, 0.3) is 0 Å². The molecule has 5 nitrogen and oxygen atoms in total. The van der Waals surface area contributed by atoms with Gasteiger partial charge in [0.1, 0.15) is 17.3 Å². The second kappa shape index (κ2) is 8.54. The van der Waals surface area contributed by atoms with Gasteiger partial charge in [0.05, 0.1) is 12.1 Å². The lowest BCUT2D eigenvalue weighted by atomic mass is 10.1. The van der Waals surface area contributed by atoms with Gasteiger partial charge in [-0.25, -0.2) is 8.42 Å². The van der Waals surface area contributed by atoms with Gasteiger partial charge in [0.2, 0.25) is 10.0 Å². The minimum absolute atomic E-state index is 0.0105. The normalized spacial score (nSPS) is 11.2. The topological polar surface area (TPSA) is 68.3 Å². The fraction of sp³-hybridized carbons (Fsp3) is 0.125. The molecule has 4 aromatic rings. The first kappa shape index (κ1) is 19.9. The average Bonchev–Trinajstić information content (AvgIpc) is 2.75. The zero-order valence-electron chi connectivity index (χ0n) is 16.4. The van der Waals surface area contributed by atoms with E-state index in [1.807, 2.05) is 67.6 Å². The van der Waals surface area contributed by atoms with Crippen molar-refractivity contribution in [2.24, 2.45) is 0 Å². The van der Waals surface area contributed by atoms with Crippen molar-refractivity contribution in [1.29, 1.82) is 0 Å². The van der Waals surface area contributed by atoms with Gasteiger partial charge in [0.15, 0.2) is 0 Å².